The van der Waals surface area contributed by atoms with Gasteiger partial charge in [0.05, 0.1) is 30.6 Å². The molecule has 0 saturated heterocycles. The zero-order valence-electron chi connectivity index (χ0n) is 16.4. The van der Waals surface area contributed by atoms with Gasteiger partial charge >= 0.3 is 0 Å². The number of fused-ring (bicyclic) bond motifs is 2. The Labute approximate surface area is 168 Å². The molecule has 0 atom stereocenters. The van der Waals surface area contributed by atoms with Crippen LogP contribution in [0.5, 0.6) is 0 Å². The van der Waals surface area contributed by atoms with E-state index in [1.807, 2.05) is 55.4 Å². The summed E-state index contributed by atoms with van der Waals surface area (Å²) in [5.41, 5.74) is 2.71. The van der Waals surface area contributed by atoms with Crippen LogP contribution < -0.4 is 0 Å². The molecule has 1 aromatic carbocycles. The molecule has 5 rings (SSSR count). The zero-order chi connectivity index (χ0) is 20.0. The van der Waals surface area contributed by atoms with Gasteiger partial charge in [0.15, 0.2) is 11.7 Å². The van der Waals surface area contributed by atoms with E-state index in [9.17, 15) is 4.79 Å². The molecule has 7 heteroatoms. The summed E-state index contributed by atoms with van der Waals surface area (Å²) in [7, 11) is 0. The normalized spacial score (nSPS) is 13.7. The first-order chi connectivity index (χ1) is 14.0. The summed E-state index contributed by atoms with van der Waals surface area (Å²) < 4.78 is 7.75. The lowest BCUT2D eigenvalue weighted by molar-refractivity contribution is -0.132. The van der Waals surface area contributed by atoms with E-state index < -0.39 is 0 Å². The number of aromatic nitrogens is 4. The van der Waals surface area contributed by atoms with Crippen LogP contribution >= 0.6 is 0 Å². The Kier molecular flexibility index (Phi) is 4.16. The Balaban J connectivity index is 1.36. The van der Waals surface area contributed by atoms with Gasteiger partial charge in [-0.1, -0.05) is 12.1 Å². The third-order valence-corrected chi connectivity index (χ3v) is 5.29. The van der Waals surface area contributed by atoms with E-state index in [4.69, 9.17) is 4.42 Å². The molecule has 0 spiro atoms. The molecular weight excluding hydrogens is 366 g/mol. The monoisotopic (exact) mass is 387 g/mol. The van der Waals surface area contributed by atoms with E-state index in [-0.39, 0.29) is 12.3 Å². The van der Waals surface area contributed by atoms with E-state index in [2.05, 4.69) is 19.5 Å². The van der Waals surface area contributed by atoms with Crippen molar-refractivity contribution in [2.45, 2.75) is 33.4 Å². The second-order valence-corrected chi connectivity index (χ2v) is 7.47. The van der Waals surface area contributed by atoms with E-state index in [1.54, 1.807) is 6.20 Å². The number of benzene rings is 1. The molecule has 146 valence electrons. The van der Waals surface area contributed by atoms with Crippen LogP contribution in [0.2, 0.25) is 0 Å². The molecule has 1 aliphatic rings. The first-order valence-electron chi connectivity index (χ1n) is 9.67. The largest absolute Gasteiger partial charge is 0.441 e. The third kappa shape index (κ3) is 3.40. The van der Waals surface area contributed by atoms with Crippen LogP contribution in [0.25, 0.3) is 22.1 Å². The van der Waals surface area contributed by atoms with Crippen LogP contribution in [-0.2, 0) is 24.3 Å². The maximum atomic E-state index is 12.8. The molecule has 4 heterocycles. The van der Waals surface area contributed by atoms with Crippen molar-refractivity contribution in [3.63, 3.8) is 0 Å². The Morgan fingerprint density at radius 3 is 2.83 bits per heavy atom. The summed E-state index contributed by atoms with van der Waals surface area (Å²) in [6, 6.07) is 8.03. The van der Waals surface area contributed by atoms with Crippen LogP contribution in [0, 0.1) is 13.8 Å². The van der Waals surface area contributed by atoms with Crippen LogP contribution in [0.15, 0.2) is 47.3 Å². The first kappa shape index (κ1) is 17.6. The number of rotatable bonds is 3. The van der Waals surface area contributed by atoms with Crippen LogP contribution in [0.4, 0.5) is 0 Å². The number of hydrogen-bond acceptors (Lipinski definition) is 5. The number of amides is 1. The van der Waals surface area contributed by atoms with Crippen LogP contribution in [0.3, 0.4) is 0 Å². The molecule has 0 saturated carbocycles. The van der Waals surface area contributed by atoms with E-state index in [0.717, 1.165) is 45.9 Å². The van der Waals surface area contributed by atoms with Gasteiger partial charge in [-0.05, 0) is 24.4 Å². The fourth-order valence-electron chi connectivity index (χ4n) is 3.81. The van der Waals surface area contributed by atoms with Crippen LogP contribution in [-0.4, -0.2) is 36.9 Å². The molecule has 29 heavy (non-hydrogen) atoms. The lowest BCUT2D eigenvalue weighted by Gasteiger charge is -2.27. The molecule has 1 aliphatic heterocycles. The number of carbonyl (C=O) groups is 1. The van der Waals surface area contributed by atoms with Gasteiger partial charge in [0.1, 0.15) is 5.82 Å². The van der Waals surface area contributed by atoms with Crippen molar-refractivity contribution < 1.29 is 9.21 Å². The number of hydrogen-bond donors (Lipinski definition) is 0. The van der Waals surface area contributed by atoms with Gasteiger partial charge in [0.25, 0.3) is 0 Å². The minimum atomic E-state index is 0.0748. The highest BCUT2D eigenvalue weighted by atomic mass is 16.4. The van der Waals surface area contributed by atoms with Gasteiger partial charge in [0, 0.05) is 43.4 Å². The summed E-state index contributed by atoms with van der Waals surface area (Å²) in [5.74, 6) is 2.39. The fraction of sp³-hybridized carbons (Fsp3) is 0.273. The third-order valence-electron chi connectivity index (χ3n) is 5.29. The maximum Gasteiger partial charge on any atom is 0.229 e. The van der Waals surface area contributed by atoms with Crippen molar-refractivity contribution >= 4 is 16.7 Å². The Bertz CT molecular complexity index is 1220. The smallest absolute Gasteiger partial charge is 0.229 e. The summed E-state index contributed by atoms with van der Waals surface area (Å²) >= 11 is 0. The predicted molar refractivity (Wildman–Crippen MR) is 108 cm³/mol. The average Bonchev–Trinajstić information content (AvgIpc) is 3.31. The van der Waals surface area contributed by atoms with Gasteiger partial charge in [-0.15, -0.1) is 0 Å². The molecule has 0 N–H and O–H groups in total. The fourth-order valence-corrected chi connectivity index (χ4v) is 3.81. The van der Waals surface area contributed by atoms with Gasteiger partial charge in [0.2, 0.25) is 5.91 Å². The minimum absolute atomic E-state index is 0.0748. The highest BCUT2D eigenvalue weighted by Crippen LogP contribution is 2.25. The number of aryl methyl sites for hydroxylation is 2. The van der Waals surface area contributed by atoms with Gasteiger partial charge in [-0.25, -0.2) is 9.97 Å². The highest BCUT2D eigenvalue weighted by Gasteiger charge is 2.22. The zero-order valence-corrected chi connectivity index (χ0v) is 16.4. The molecule has 0 radical (unpaired) electrons. The number of oxazole rings is 1. The van der Waals surface area contributed by atoms with Gasteiger partial charge < -0.3 is 13.9 Å². The average molecular weight is 387 g/mol. The lowest BCUT2D eigenvalue weighted by atomic mass is 10.1. The number of imidazole rings is 1. The predicted octanol–water partition coefficient (Wildman–Crippen LogP) is 3.29. The SMILES string of the molecule is Cc1cn2c(n1)CN(C(=O)Cc1cc3cc(-c4cnc(C)o4)ccc3cn1)CC2. The molecule has 0 unspecified atom stereocenters. The van der Waals surface area contributed by atoms with E-state index in [1.165, 1.54) is 0 Å². The highest BCUT2D eigenvalue weighted by molar-refractivity contribution is 5.87. The summed E-state index contributed by atoms with van der Waals surface area (Å²) in [6.45, 7) is 5.84. The quantitative estimate of drug-likeness (QED) is 0.539. The molecule has 0 aliphatic carbocycles. The Morgan fingerprint density at radius 2 is 2.00 bits per heavy atom. The second kappa shape index (κ2) is 6.84. The minimum Gasteiger partial charge on any atom is -0.441 e. The number of nitrogens with zero attached hydrogens (tertiary/aromatic N) is 5. The van der Waals surface area contributed by atoms with E-state index >= 15 is 0 Å². The van der Waals surface area contributed by atoms with Crippen molar-refractivity contribution in [1.82, 2.24) is 24.4 Å². The molecule has 0 fully saturated rings. The second-order valence-electron chi connectivity index (χ2n) is 7.47. The van der Waals surface area contributed by atoms with Crippen molar-refractivity contribution in [3.05, 3.63) is 66.0 Å². The molecule has 1 amide bonds. The molecule has 4 aromatic rings. The van der Waals surface area contributed by atoms with Crippen molar-refractivity contribution in [2.24, 2.45) is 0 Å². The first-order valence-corrected chi connectivity index (χ1v) is 9.67. The molecular formula is C22H21N5O2. The van der Waals surface area contributed by atoms with Gasteiger partial charge in [-0.3, -0.25) is 9.78 Å². The standard InChI is InChI=1S/C22H21N5O2/c1-14-12-26-5-6-27(13-21(26)25-14)22(28)9-19-8-18-7-16(3-4-17(18)10-24-19)20-11-23-15(2)29-20/h3-4,7-8,10-12H,5-6,9,13H2,1-2H3. The van der Waals surface area contributed by atoms with Crippen molar-refractivity contribution in [2.75, 3.05) is 6.54 Å². The number of pyridine rings is 1. The molecule has 3 aromatic heterocycles. The Hall–Kier alpha value is -3.48. The number of carbonyl (C=O) groups excluding carboxylic acids is 1. The Morgan fingerprint density at radius 1 is 1.10 bits per heavy atom. The molecule has 0 bridgehead atoms. The van der Waals surface area contributed by atoms with Crippen LogP contribution in [0.1, 0.15) is 23.1 Å². The lowest BCUT2D eigenvalue weighted by Crippen LogP contribution is -2.39. The van der Waals surface area contributed by atoms with Crippen molar-refractivity contribution in [1.29, 1.82) is 0 Å². The molecule has 7 nitrogen and oxygen atoms in total. The summed E-state index contributed by atoms with van der Waals surface area (Å²) in [5, 5.41) is 2.05. The van der Waals surface area contributed by atoms with Crippen molar-refractivity contribution in [3.8, 4) is 11.3 Å². The topological polar surface area (TPSA) is 77.0 Å². The maximum absolute atomic E-state index is 12.8. The van der Waals surface area contributed by atoms with E-state index in [0.29, 0.717) is 19.0 Å². The van der Waals surface area contributed by atoms with Gasteiger partial charge in [-0.2, -0.15) is 0 Å². The summed E-state index contributed by atoms with van der Waals surface area (Å²) in [4.78, 5) is 27.9. The summed E-state index contributed by atoms with van der Waals surface area (Å²) in [6.07, 6.45) is 5.86.